The number of unbranched alkanes of at least 4 members (excludes halogenated alkanes) is 21. The molecule has 2 heterocycles. The predicted molar refractivity (Wildman–Crippen MR) is 250 cm³/mol. The number of nitrogens with one attached hydrogen (secondary N) is 4. The maximum absolute atomic E-state index is 14.9. The van der Waals surface area contributed by atoms with E-state index in [0.29, 0.717) is 32.2 Å². The second kappa shape index (κ2) is 35.2. The first-order valence-corrected chi connectivity index (χ1v) is 25.2. The van der Waals surface area contributed by atoms with E-state index in [-0.39, 0.29) is 43.6 Å². The van der Waals surface area contributed by atoms with E-state index < -0.39 is 72.2 Å². The van der Waals surface area contributed by atoms with Crippen LogP contribution < -0.4 is 27.2 Å². The summed E-state index contributed by atoms with van der Waals surface area (Å²) in [4.78, 5) is 90.2. The molecule has 5 atom stereocenters. The highest BCUT2D eigenvalue weighted by Crippen LogP contribution is 2.30. The fourth-order valence-electron chi connectivity index (χ4n) is 8.07. The van der Waals surface area contributed by atoms with Crippen LogP contribution >= 0.6 is 0 Å². The molecule has 15 nitrogen and oxygen atoms in total. The van der Waals surface area contributed by atoms with Crippen molar-refractivity contribution in [3.05, 3.63) is 32.6 Å². The molecule has 65 heavy (non-hydrogen) atoms. The lowest BCUT2D eigenvalue weighted by Crippen LogP contribution is -2.51. The van der Waals surface area contributed by atoms with Crippen molar-refractivity contribution in [2.45, 2.75) is 244 Å². The monoisotopic (exact) mass is 922 g/mol. The van der Waals surface area contributed by atoms with Gasteiger partial charge in [-0.05, 0) is 45.4 Å². The molecule has 1 fully saturated rings. The molecule has 2 rings (SSSR count). The highest BCUT2D eigenvalue weighted by molar-refractivity contribution is 5.90. The summed E-state index contributed by atoms with van der Waals surface area (Å²) in [6, 6.07) is -2.50. The largest absolute Gasteiger partial charge is 0.480 e. The van der Waals surface area contributed by atoms with Crippen LogP contribution in [-0.2, 0) is 33.4 Å². The van der Waals surface area contributed by atoms with Crippen molar-refractivity contribution in [1.29, 1.82) is 0 Å². The maximum atomic E-state index is 14.9. The Bertz CT molecular complexity index is 1640. The van der Waals surface area contributed by atoms with Gasteiger partial charge < -0.3 is 30.5 Å². The molecule has 0 saturated carbocycles. The Morgan fingerprint density at radius 3 is 1.78 bits per heavy atom. The van der Waals surface area contributed by atoms with E-state index >= 15 is 0 Å². The smallest absolute Gasteiger partial charge is 0.330 e. The summed E-state index contributed by atoms with van der Waals surface area (Å²) in [7, 11) is 0. The molecular formula is C49H84FN5O10. The van der Waals surface area contributed by atoms with Gasteiger partial charge in [-0.3, -0.25) is 33.5 Å². The second-order valence-corrected chi connectivity index (χ2v) is 18.0. The van der Waals surface area contributed by atoms with Crippen molar-refractivity contribution in [3.63, 3.8) is 0 Å². The molecule has 0 radical (unpaired) electrons. The Labute approximate surface area is 386 Å². The number of ether oxygens (including phenoxy) is 2. The molecule has 1 aliphatic heterocycles. The Balaban J connectivity index is 1.83. The minimum Gasteiger partial charge on any atom is -0.480 e. The van der Waals surface area contributed by atoms with Crippen LogP contribution in [0.2, 0.25) is 0 Å². The molecule has 0 bridgehead atoms. The Morgan fingerprint density at radius 1 is 0.723 bits per heavy atom. The summed E-state index contributed by atoms with van der Waals surface area (Å²) in [5, 5.41) is 18.1. The SMILES string of the molecule is CCCCCCCCCCCCCC(=O)NCCCC[C@H](NC(=O)[C@H](CCC(=O)OC[C@H]1O[C@@H](n2cc(C)c(=O)[nH]c2=O)C[C@@H]1F)NC(=O)CCCCCCCCCCCCC)C(=O)O. The summed E-state index contributed by atoms with van der Waals surface area (Å²) in [6.45, 7) is 5.84. The number of aryl methyl sites for hydroxylation is 1. The van der Waals surface area contributed by atoms with Gasteiger partial charge in [0.2, 0.25) is 17.7 Å². The zero-order valence-corrected chi connectivity index (χ0v) is 40.0. The number of aromatic nitrogens is 2. The van der Waals surface area contributed by atoms with Crippen LogP contribution in [0.15, 0.2) is 15.8 Å². The predicted octanol–water partition coefficient (Wildman–Crippen LogP) is 8.54. The average molecular weight is 922 g/mol. The number of amides is 3. The van der Waals surface area contributed by atoms with Crippen LogP contribution in [0.3, 0.4) is 0 Å². The van der Waals surface area contributed by atoms with Crippen LogP contribution in [0.25, 0.3) is 0 Å². The maximum Gasteiger partial charge on any atom is 0.330 e. The molecule has 1 saturated heterocycles. The van der Waals surface area contributed by atoms with E-state index in [4.69, 9.17) is 9.47 Å². The summed E-state index contributed by atoms with van der Waals surface area (Å²) in [5.74, 6) is -3.23. The fourth-order valence-corrected chi connectivity index (χ4v) is 8.07. The molecule has 372 valence electrons. The third-order valence-electron chi connectivity index (χ3n) is 12.2. The Hall–Kier alpha value is -4.08. The Kier molecular flexibility index (Phi) is 30.9. The van der Waals surface area contributed by atoms with E-state index in [1.165, 1.54) is 103 Å². The zero-order chi connectivity index (χ0) is 47.7. The molecule has 0 aliphatic carbocycles. The number of aromatic amines is 1. The average Bonchev–Trinajstić information content (AvgIpc) is 3.65. The Morgan fingerprint density at radius 2 is 1.25 bits per heavy atom. The van der Waals surface area contributed by atoms with E-state index in [2.05, 4.69) is 34.8 Å². The van der Waals surface area contributed by atoms with Crippen LogP contribution in [-0.4, -0.2) is 81.8 Å². The van der Waals surface area contributed by atoms with Gasteiger partial charge in [-0.15, -0.1) is 0 Å². The van der Waals surface area contributed by atoms with Gasteiger partial charge in [0.05, 0.1) is 0 Å². The van der Waals surface area contributed by atoms with Gasteiger partial charge in [0.15, 0.2) is 0 Å². The van der Waals surface area contributed by atoms with Crippen LogP contribution in [0, 0.1) is 6.92 Å². The van der Waals surface area contributed by atoms with Crippen molar-refractivity contribution in [3.8, 4) is 0 Å². The van der Waals surface area contributed by atoms with Crippen molar-refractivity contribution in [2.24, 2.45) is 0 Å². The number of esters is 1. The number of hydrogen-bond donors (Lipinski definition) is 5. The number of hydrogen-bond acceptors (Lipinski definition) is 9. The summed E-state index contributed by atoms with van der Waals surface area (Å²) >= 11 is 0. The first kappa shape index (κ1) is 57.0. The zero-order valence-electron chi connectivity index (χ0n) is 40.0. The van der Waals surface area contributed by atoms with E-state index in [1.54, 1.807) is 0 Å². The van der Waals surface area contributed by atoms with Gasteiger partial charge in [-0.2, -0.15) is 0 Å². The van der Waals surface area contributed by atoms with Gasteiger partial charge >= 0.3 is 17.6 Å². The highest BCUT2D eigenvalue weighted by Gasteiger charge is 2.38. The lowest BCUT2D eigenvalue weighted by molar-refractivity contribution is -0.150. The molecule has 3 amide bonds. The van der Waals surface area contributed by atoms with Gasteiger partial charge in [0, 0.05) is 44.0 Å². The number of carbonyl (C=O) groups excluding carboxylic acids is 4. The third-order valence-corrected chi connectivity index (χ3v) is 12.2. The topological polar surface area (TPSA) is 215 Å². The summed E-state index contributed by atoms with van der Waals surface area (Å²) in [6.07, 6.45) is 23.8. The van der Waals surface area contributed by atoms with Crippen LogP contribution in [0.5, 0.6) is 0 Å². The fraction of sp³-hybridized carbons (Fsp3) is 0.816. The lowest BCUT2D eigenvalue weighted by Gasteiger charge is -2.22. The number of carboxylic acids is 1. The number of nitrogens with zero attached hydrogens (tertiary/aromatic N) is 1. The molecular weight excluding hydrogens is 838 g/mol. The number of carbonyl (C=O) groups is 5. The molecule has 0 unspecified atom stereocenters. The standard InChI is InChI=1S/C49H84FN5O10/c1-4-6-8-10-12-14-16-18-20-22-24-29-42(56)51-33-27-26-28-40(48(61)62)53-47(60)39(52-43(57)30-25-23-21-19-17-15-13-11-9-7-5-2)31-32-45(58)64-36-41-38(50)34-44(65-41)55-35-37(3)46(59)54-49(55)63/h35,38-41,44H,4-34,36H2,1-3H3,(H,51,56)(H,52,57)(H,53,60)(H,61,62)(H,54,59,63)/t38-,39-,40-,41+,44+/m0/s1. The quantitative estimate of drug-likeness (QED) is 0.0313. The molecule has 1 aromatic rings. The summed E-state index contributed by atoms with van der Waals surface area (Å²) < 4.78 is 26.9. The molecule has 1 aromatic heterocycles. The first-order chi connectivity index (χ1) is 31.4. The highest BCUT2D eigenvalue weighted by atomic mass is 19.1. The molecule has 16 heteroatoms. The number of carboxylic acid groups (broad SMARTS) is 1. The van der Waals surface area contributed by atoms with Crippen LogP contribution in [0.4, 0.5) is 4.39 Å². The van der Waals surface area contributed by atoms with Gasteiger partial charge in [-0.1, -0.05) is 142 Å². The molecule has 0 aromatic carbocycles. The second-order valence-electron chi connectivity index (χ2n) is 18.0. The number of aliphatic carboxylic acids is 1. The molecule has 5 N–H and O–H groups in total. The normalized spacial score (nSPS) is 16.8. The van der Waals surface area contributed by atoms with E-state index in [0.717, 1.165) is 49.5 Å². The van der Waals surface area contributed by atoms with E-state index in [1.807, 2.05) is 0 Å². The molecule has 1 aliphatic rings. The number of H-pyrrole nitrogens is 1. The van der Waals surface area contributed by atoms with Gasteiger partial charge in [0.25, 0.3) is 5.56 Å². The first-order valence-electron chi connectivity index (χ1n) is 25.2. The minimum atomic E-state index is -1.58. The number of rotatable bonds is 39. The van der Waals surface area contributed by atoms with Gasteiger partial charge in [-0.25, -0.2) is 14.0 Å². The lowest BCUT2D eigenvalue weighted by atomic mass is 10.0. The number of halogens is 1. The van der Waals surface area contributed by atoms with Gasteiger partial charge in [0.1, 0.15) is 37.2 Å². The van der Waals surface area contributed by atoms with Crippen molar-refractivity contribution in [2.75, 3.05) is 13.2 Å². The third kappa shape index (κ3) is 26.0. The van der Waals surface area contributed by atoms with Crippen LogP contribution in [0.1, 0.15) is 218 Å². The number of alkyl halides is 1. The van der Waals surface area contributed by atoms with Crippen molar-refractivity contribution >= 4 is 29.7 Å². The van der Waals surface area contributed by atoms with E-state index in [9.17, 15) is 43.1 Å². The van der Waals surface area contributed by atoms with Crippen molar-refractivity contribution in [1.82, 2.24) is 25.5 Å². The minimum absolute atomic E-state index is 0.0310. The molecule has 0 spiro atoms. The van der Waals surface area contributed by atoms with Crippen molar-refractivity contribution < 1.29 is 42.9 Å². The summed E-state index contributed by atoms with van der Waals surface area (Å²) in [5.41, 5.74) is -1.09.